The molecule has 0 fully saturated rings. The topological polar surface area (TPSA) is 38.8 Å². The monoisotopic (exact) mass is 308 g/mol. The maximum absolute atomic E-state index is 11.8. The van der Waals surface area contributed by atoms with Gasteiger partial charge in [0.1, 0.15) is 6.61 Å². The fourth-order valence-electron chi connectivity index (χ4n) is 4.18. The lowest BCUT2D eigenvalue weighted by Gasteiger charge is -2.50. The summed E-state index contributed by atoms with van der Waals surface area (Å²) in [4.78, 5) is 14.3. The molecule has 0 bridgehead atoms. The van der Waals surface area contributed by atoms with E-state index in [1.54, 1.807) is 7.11 Å². The van der Waals surface area contributed by atoms with Gasteiger partial charge in [-0.25, -0.2) is 0 Å². The molecule has 0 aromatic heterocycles. The van der Waals surface area contributed by atoms with E-state index in [0.29, 0.717) is 13.0 Å². The third kappa shape index (κ3) is 2.00. The first kappa shape index (κ1) is 14.8. The molecule has 0 radical (unpaired) electrons. The van der Waals surface area contributed by atoms with E-state index in [4.69, 9.17) is 9.47 Å². The average Bonchev–Trinajstić information content (AvgIpc) is 2.86. The van der Waals surface area contributed by atoms with Gasteiger partial charge in [0, 0.05) is 26.6 Å². The summed E-state index contributed by atoms with van der Waals surface area (Å²) in [5.74, 6) is -0.0882. The zero-order chi connectivity index (χ0) is 13.7. The molecule has 0 unspecified atom stereocenters. The number of carbonyl (C=O) groups is 1. The van der Waals surface area contributed by atoms with Crippen molar-refractivity contribution in [2.45, 2.75) is 30.9 Å². The molecule has 0 N–H and O–H groups in total. The van der Waals surface area contributed by atoms with Crippen LogP contribution in [0.2, 0.25) is 0 Å². The molecule has 4 nitrogen and oxygen atoms in total. The summed E-state index contributed by atoms with van der Waals surface area (Å²) in [6.07, 6.45) is 9.12. The van der Waals surface area contributed by atoms with Crippen molar-refractivity contribution >= 4 is 5.97 Å². The standard InChI is InChI=1S/C16H19NO3.ClH/c1-19-13-3-2-12-5-7-17-6-4-11-10-20-15(18)8-14(11)16(12,17)9-13;/h2-3,5,13H,4,6-10H2,1H3;1H/p-1/t13-,16-;/m0./s1. The van der Waals surface area contributed by atoms with E-state index in [2.05, 4.69) is 23.1 Å². The summed E-state index contributed by atoms with van der Waals surface area (Å²) in [6.45, 7) is 2.50. The Labute approximate surface area is 130 Å². The molecule has 5 heteroatoms. The molecule has 0 saturated heterocycles. The molecule has 0 saturated carbocycles. The van der Waals surface area contributed by atoms with Crippen molar-refractivity contribution in [1.82, 2.24) is 4.90 Å². The molecule has 0 amide bonds. The molecule has 4 rings (SSSR count). The third-order valence-electron chi connectivity index (χ3n) is 5.18. The fourth-order valence-corrected chi connectivity index (χ4v) is 4.18. The normalized spacial score (nSPS) is 34.4. The van der Waals surface area contributed by atoms with Crippen LogP contribution in [0.25, 0.3) is 0 Å². The second kappa shape index (κ2) is 5.27. The van der Waals surface area contributed by atoms with Gasteiger partial charge in [0.05, 0.1) is 18.1 Å². The quantitative estimate of drug-likeness (QED) is 0.441. The molecule has 1 spiro atoms. The van der Waals surface area contributed by atoms with Crippen molar-refractivity contribution in [2.75, 3.05) is 26.8 Å². The zero-order valence-corrected chi connectivity index (χ0v) is 12.9. The highest BCUT2D eigenvalue weighted by molar-refractivity contribution is 5.76. The maximum Gasteiger partial charge on any atom is 0.310 e. The van der Waals surface area contributed by atoms with E-state index in [1.165, 1.54) is 16.7 Å². The van der Waals surface area contributed by atoms with Crippen molar-refractivity contribution < 1.29 is 26.7 Å². The minimum atomic E-state index is -0.109. The van der Waals surface area contributed by atoms with Crippen LogP contribution in [0, 0.1) is 0 Å². The summed E-state index contributed by atoms with van der Waals surface area (Å²) in [7, 11) is 1.76. The lowest BCUT2D eigenvalue weighted by Crippen LogP contribution is -3.00. The molecule has 1 aliphatic carbocycles. The largest absolute Gasteiger partial charge is 1.00 e. The Bertz CT molecular complexity index is 566. The summed E-state index contributed by atoms with van der Waals surface area (Å²) in [5.41, 5.74) is 3.85. The van der Waals surface area contributed by atoms with Crippen molar-refractivity contribution in [1.29, 1.82) is 0 Å². The lowest BCUT2D eigenvalue weighted by molar-refractivity contribution is -0.143. The van der Waals surface area contributed by atoms with Crippen molar-refractivity contribution in [3.05, 3.63) is 34.9 Å². The lowest BCUT2D eigenvalue weighted by atomic mass is 9.69. The van der Waals surface area contributed by atoms with E-state index in [-0.39, 0.29) is 30.0 Å². The number of nitrogens with zero attached hydrogens (tertiary/aromatic N) is 1. The number of carbonyl (C=O) groups excluding carboxylic acids is 1. The Balaban J connectivity index is 0.00000132. The molecule has 114 valence electrons. The zero-order valence-electron chi connectivity index (χ0n) is 12.1. The minimum Gasteiger partial charge on any atom is -1.00 e. The number of esters is 1. The Morgan fingerprint density at radius 1 is 1.48 bits per heavy atom. The molecule has 3 aliphatic heterocycles. The van der Waals surface area contributed by atoms with Gasteiger partial charge in [-0.1, -0.05) is 18.2 Å². The minimum absolute atomic E-state index is 0. The van der Waals surface area contributed by atoms with Gasteiger partial charge in [0.15, 0.2) is 0 Å². The number of halogens is 1. The van der Waals surface area contributed by atoms with Gasteiger partial charge in [0.2, 0.25) is 0 Å². The number of ether oxygens (including phenoxy) is 2. The summed E-state index contributed by atoms with van der Waals surface area (Å²) < 4.78 is 10.8. The van der Waals surface area contributed by atoms with Crippen molar-refractivity contribution in [2.24, 2.45) is 0 Å². The van der Waals surface area contributed by atoms with Gasteiger partial charge in [-0.2, -0.15) is 0 Å². The van der Waals surface area contributed by atoms with Crippen LogP contribution in [0.1, 0.15) is 19.3 Å². The molecule has 0 aromatic carbocycles. The van der Waals surface area contributed by atoms with Gasteiger partial charge in [-0.3, -0.25) is 9.69 Å². The van der Waals surface area contributed by atoms with Crippen molar-refractivity contribution in [3.8, 4) is 0 Å². The molecule has 21 heavy (non-hydrogen) atoms. The maximum atomic E-state index is 11.8. The van der Waals surface area contributed by atoms with Gasteiger partial charge in [-0.15, -0.1) is 0 Å². The molecule has 0 aromatic rings. The smallest absolute Gasteiger partial charge is 0.310 e. The Kier molecular flexibility index (Phi) is 3.72. The van der Waals surface area contributed by atoms with Crippen LogP contribution < -0.4 is 12.4 Å². The van der Waals surface area contributed by atoms with Gasteiger partial charge in [-0.05, 0) is 23.1 Å². The molecule has 2 atom stereocenters. The van der Waals surface area contributed by atoms with Crippen LogP contribution in [0.4, 0.5) is 0 Å². The second-order valence-corrected chi connectivity index (χ2v) is 5.97. The van der Waals surface area contributed by atoms with E-state index >= 15 is 0 Å². The first-order chi connectivity index (χ1) is 9.74. The SMILES string of the molecule is CO[C@H]1C=CC2=CCN3CCC4=C(CC(=O)OC4)[C@]23C1.[Cl-]. The second-order valence-electron chi connectivity index (χ2n) is 5.97. The highest BCUT2D eigenvalue weighted by Gasteiger charge is 2.52. The molecule has 4 aliphatic rings. The number of hydrogen-bond donors (Lipinski definition) is 0. The Hall–Kier alpha value is -1.10. The highest BCUT2D eigenvalue weighted by atomic mass is 35.5. The highest BCUT2D eigenvalue weighted by Crippen LogP contribution is 2.50. The van der Waals surface area contributed by atoms with E-state index < -0.39 is 0 Å². The Morgan fingerprint density at radius 3 is 3.14 bits per heavy atom. The third-order valence-corrected chi connectivity index (χ3v) is 5.18. The number of hydrogen-bond acceptors (Lipinski definition) is 4. The summed E-state index contributed by atoms with van der Waals surface area (Å²) in [5, 5.41) is 0. The van der Waals surface area contributed by atoms with Crippen LogP contribution in [-0.4, -0.2) is 49.3 Å². The molecule has 3 heterocycles. The van der Waals surface area contributed by atoms with Crippen LogP contribution in [0.5, 0.6) is 0 Å². The molecular formula is C16H19ClNO3-. The first-order valence-corrected chi connectivity index (χ1v) is 7.28. The van der Waals surface area contributed by atoms with Gasteiger partial charge >= 0.3 is 5.97 Å². The Morgan fingerprint density at radius 2 is 2.33 bits per heavy atom. The number of cyclic esters (lactones) is 1. The number of methoxy groups -OCH3 is 1. The van der Waals surface area contributed by atoms with E-state index in [9.17, 15) is 4.79 Å². The van der Waals surface area contributed by atoms with Crippen LogP contribution in [0.15, 0.2) is 34.9 Å². The van der Waals surface area contributed by atoms with Crippen molar-refractivity contribution in [3.63, 3.8) is 0 Å². The first-order valence-electron chi connectivity index (χ1n) is 7.28. The van der Waals surface area contributed by atoms with Gasteiger partial charge in [0.25, 0.3) is 0 Å². The average molecular weight is 309 g/mol. The summed E-state index contributed by atoms with van der Waals surface area (Å²) >= 11 is 0. The predicted octanol–water partition coefficient (Wildman–Crippen LogP) is -1.41. The summed E-state index contributed by atoms with van der Waals surface area (Å²) in [6, 6.07) is 0. The number of rotatable bonds is 1. The van der Waals surface area contributed by atoms with Crippen LogP contribution >= 0.6 is 0 Å². The van der Waals surface area contributed by atoms with Gasteiger partial charge < -0.3 is 21.9 Å². The fraction of sp³-hybridized carbons (Fsp3) is 0.562. The molecular weight excluding hydrogens is 290 g/mol. The predicted molar refractivity (Wildman–Crippen MR) is 74.2 cm³/mol. The van der Waals surface area contributed by atoms with Crippen LogP contribution in [-0.2, 0) is 14.3 Å². The van der Waals surface area contributed by atoms with E-state index in [0.717, 1.165) is 25.9 Å². The van der Waals surface area contributed by atoms with Crippen LogP contribution in [0.3, 0.4) is 0 Å². The van der Waals surface area contributed by atoms with E-state index in [1.807, 2.05) is 0 Å².